The summed E-state index contributed by atoms with van der Waals surface area (Å²) in [6.45, 7) is 5.40. The second-order valence-corrected chi connectivity index (χ2v) is 16.8. The molecular formula is C41H82NO7P. The Labute approximate surface area is 310 Å². The predicted octanol–water partition coefficient (Wildman–Crippen LogP) is 11.3. The average Bonchev–Trinajstić information content (AvgIpc) is 3.06. The molecule has 0 aromatic carbocycles. The van der Waals surface area contributed by atoms with Gasteiger partial charge in [-0.1, -0.05) is 154 Å². The lowest BCUT2D eigenvalue weighted by molar-refractivity contribution is -0.870. The smallest absolute Gasteiger partial charge is 0.306 e. The molecule has 8 nitrogen and oxygen atoms in total. The second-order valence-electron chi connectivity index (χ2n) is 15.4. The summed E-state index contributed by atoms with van der Waals surface area (Å²) in [7, 11) is 1.36. The highest BCUT2D eigenvalue weighted by molar-refractivity contribution is 7.45. The van der Waals surface area contributed by atoms with Gasteiger partial charge in [0, 0.05) is 13.0 Å². The fourth-order valence-electron chi connectivity index (χ4n) is 5.78. The molecule has 0 rings (SSSR count). The first-order valence-corrected chi connectivity index (χ1v) is 22.4. The first-order valence-electron chi connectivity index (χ1n) is 20.9. The number of esters is 1. The SMILES string of the molecule is CCCCCCCCC/C=C\CCCCCCCCCCOCC(COP(=O)([O-])OCC[N+](C)(C)C)OC(=O)CCCCCCCCCCC. The van der Waals surface area contributed by atoms with Crippen LogP contribution in [0.1, 0.15) is 187 Å². The molecule has 50 heavy (non-hydrogen) atoms. The lowest BCUT2D eigenvalue weighted by Gasteiger charge is -2.28. The van der Waals surface area contributed by atoms with Crippen LogP contribution in [0.3, 0.4) is 0 Å². The van der Waals surface area contributed by atoms with E-state index in [-0.39, 0.29) is 25.8 Å². The zero-order valence-electron chi connectivity index (χ0n) is 33.6. The molecule has 0 aliphatic rings. The molecule has 0 spiro atoms. The molecule has 0 bridgehead atoms. The highest BCUT2D eigenvalue weighted by atomic mass is 31.2. The van der Waals surface area contributed by atoms with E-state index in [1.54, 1.807) is 0 Å². The third kappa shape index (κ3) is 38.5. The predicted molar refractivity (Wildman–Crippen MR) is 208 cm³/mol. The minimum Gasteiger partial charge on any atom is -0.756 e. The van der Waals surface area contributed by atoms with Crippen molar-refractivity contribution in [1.82, 2.24) is 0 Å². The summed E-state index contributed by atoms with van der Waals surface area (Å²) in [4.78, 5) is 24.9. The lowest BCUT2D eigenvalue weighted by atomic mass is 10.1. The fourth-order valence-corrected chi connectivity index (χ4v) is 6.50. The maximum Gasteiger partial charge on any atom is 0.306 e. The van der Waals surface area contributed by atoms with Crippen LogP contribution in [0.2, 0.25) is 0 Å². The molecule has 298 valence electrons. The number of carbonyl (C=O) groups excluding carboxylic acids is 1. The van der Waals surface area contributed by atoms with Crippen LogP contribution in [0.4, 0.5) is 0 Å². The van der Waals surface area contributed by atoms with Crippen molar-refractivity contribution in [2.45, 2.75) is 193 Å². The van der Waals surface area contributed by atoms with E-state index in [0.29, 0.717) is 24.1 Å². The zero-order chi connectivity index (χ0) is 37.0. The maximum absolute atomic E-state index is 12.6. The number of phosphoric ester groups is 1. The van der Waals surface area contributed by atoms with Gasteiger partial charge < -0.3 is 27.9 Å². The van der Waals surface area contributed by atoms with Crippen molar-refractivity contribution in [3.8, 4) is 0 Å². The van der Waals surface area contributed by atoms with Gasteiger partial charge in [-0.15, -0.1) is 0 Å². The quantitative estimate of drug-likeness (QED) is 0.0204. The average molecular weight is 732 g/mol. The van der Waals surface area contributed by atoms with Crippen LogP contribution in [0.15, 0.2) is 12.2 Å². The number of likely N-dealkylation sites (N-methyl/N-ethyl adjacent to an activating group) is 1. The largest absolute Gasteiger partial charge is 0.756 e. The number of phosphoric acid groups is 1. The van der Waals surface area contributed by atoms with E-state index in [1.165, 1.54) is 135 Å². The number of carbonyl (C=O) groups is 1. The number of hydrogen-bond acceptors (Lipinski definition) is 7. The third-order valence-corrected chi connectivity index (χ3v) is 10.0. The van der Waals surface area contributed by atoms with E-state index in [0.717, 1.165) is 32.1 Å². The molecule has 0 aromatic heterocycles. The molecule has 9 heteroatoms. The van der Waals surface area contributed by atoms with Crippen molar-refractivity contribution in [3.05, 3.63) is 12.2 Å². The van der Waals surface area contributed by atoms with Gasteiger partial charge in [0.2, 0.25) is 0 Å². The topological polar surface area (TPSA) is 94.1 Å². The summed E-state index contributed by atoms with van der Waals surface area (Å²) >= 11 is 0. The summed E-state index contributed by atoms with van der Waals surface area (Å²) in [5.74, 6) is -0.337. The normalized spacial score (nSPS) is 14.0. The molecule has 0 aliphatic carbocycles. The van der Waals surface area contributed by atoms with Gasteiger partial charge in [0.25, 0.3) is 7.82 Å². The Balaban J connectivity index is 4.14. The number of rotatable bonds is 39. The maximum atomic E-state index is 12.6. The Kier molecular flexibility index (Phi) is 34.7. The van der Waals surface area contributed by atoms with Gasteiger partial charge in [-0.3, -0.25) is 9.36 Å². The minimum atomic E-state index is -4.51. The van der Waals surface area contributed by atoms with Gasteiger partial charge in [-0.2, -0.15) is 0 Å². The molecular weight excluding hydrogens is 649 g/mol. The molecule has 0 radical (unpaired) electrons. The van der Waals surface area contributed by atoms with Gasteiger partial charge in [-0.05, 0) is 38.5 Å². The van der Waals surface area contributed by atoms with Gasteiger partial charge in [-0.25, -0.2) is 0 Å². The molecule has 2 atom stereocenters. The van der Waals surface area contributed by atoms with E-state index in [9.17, 15) is 14.3 Å². The molecule has 0 saturated heterocycles. The number of ether oxygens (including phenoxy) is 2. The highest BCUT2D eigenvalue weighted by Crippen LogP contribution is 2.38. The van der Waals surface area contributed by atoms with Crippen LogP contribution in [-0.2, 0) is 27.9 Å². The summed E-state index contributed by atoms with van der Waals surface area (Å²) in [6, 6.07) is 0. The van der Waals surface area contributed by atoms with Gasteiger partial charge >= 0.3 is 5.97 Å². The van der Waals surface area contributed by atoms with E-state index in [2.05, 4.69) is 26.0 Å². The molecule has 0 aliphatic heterocycles. The van der Waals surface area contributed by atoms with Crippen molar-refractivity contribution in [3.63, 3.8) is 0 Å². The van der Waals surface area contributed by atoms with Crippen molar-refractivity contribution in [2.75, 3.05) is 54.1 Å². The number of hydrogen-bond donors (Lipinski definition) is 0. The first-order chi connectivity index (χ1) is 24.1. The third-order valence-electron chi connectivity index (χ3n) is 9.07. The van der Waals surface area contributed by atoms with Crippen molar-refractivity contribution in [2.24, 2.45) is 0 Å². The number of nitrogens with zero attached hydrogens (tertiary/aromatic N) is 1. The van der Waals surface area contributed by atoms with E-state index >= 15 is 0 Å². The molecule has 0 fully saturated rings. The summed E-state index contributed by atoms with van der Waals surface area (Å²) in [6.07, 6.45) is 36.5. The van der Waals surface area contributed by atoms with Crippen molar-refractivity contribution < 1.29 is 37.3 Å². The summed E-state index contributed by atoms with van der Waals surface area (Å²) in [5.41, 5.74) is 0. The van der Waals surface area contributed by atoms with Crippen molar-refractivity contribution in [1.29, 1.82) is 0 Å². The monoisotopic (exact) mass is 732 g/mol. The van der Waals surface area contributed by atoms with Gasteiger partial charge in [0.15, 0.2) is 0 Å². The van der Waals surface area contributed by atoms with Crippen LogP contribution in [0.25, 0.3) is 0 Å². The van der Waals surface area contributed by atoms with E-state index in [4.69, 9.17) is 18.5 Å². The lowest BCUT2D eigenvalue weighted by Crippen LogP contribution is -2.37. The number of allylic oxidation sites excluding steroid dienone is 2. The minimum absolute atomic E-state index is 0.0284. The molecule has 0 saturated carbocycles. The van der Waals surface area contributed by atoms with Crippen LogP contribution in [0, 0.1) is 0 Å². The first kappa shape index (κ1) is 49.2. The van der Waals surface area contributed by atoms with Crippen LogP contribution in [0.5, 0.6) is 0 Å². The molecule has 0 amide bonds. The summed E-state index contributed by atoms with van der Waals surface area (Å²) < 4.78 is 34.5. The Hall–Kier alpha value is -0.760. The van der Waals surface area contributed by atoms with E-state index < -0.39 is 13.9 Å². The van der Waals surface area contributed by atoms with Crippen LogP contribution >= 0.6 is 7.82 Å². The number of quaternary nitrogens is 1. The zero-order valence-corrected chi connectivity index (χ0v) is 34.5. The summed E-state index contributed by atoms with van der Waals surface area (Å²) in [5, 5.41) is 0. The van der Waals surface area contributed by atoms with Gasteiger partial charge in [0.1, 0.15) is 19.3 Å². The van der Waals surface area contributed by atoms with Crippen LogP contribution < -0.4 is 4.89 Å². The molecule has 2 unspecified atom stereocenters. The van der Waals surface area contributed by atoms with Crippen LogP contribution in [-0.4, -0.2) is 70.7 Å². The number of unbranched alkanes of at least 4 members (excludes halogenated alkanes) is 23. The Morgan fingerprint density at radius 3 is 1.52 bits per heavy atom. The molecule has 0 heterocycles. The standard InChI is InChI=1S/C41H82NO7P/c1-6-8-10-12-14-16-17-18-19-20-21-22-23-24-25-27-29-31-33-36-46-38-40(39-48-50(44,45)47-37-35-42(3,4)5)49-41(43)34-32-30-28-26-15-13-11-9-7-2/h19-20,40H,6-18,21-39H2,1-5H3/b20-19-. The molecule has 0 aromatic rings. The molecule has 0 N–H and O–H groups in total. The Morgan fingerprint density at radius 1 is 0.600 bits per heavy atom. The van der Waals surface area contributed by atoms with Crippen molar-refractivity contribution >= 4 is 13.8 Å². The highest BCUT2D eigenvalue weighted by Gasteiger charge is 2.20. The fraction of sp³-hybridized carbons (Fsp3) is 0.927. The van der Waals surface area contributed by atoms with Gasteiger partial charge in [0.05, 0.1) is 34.4 Å². The Morgan fingerprint density at radius 2 is 1.04 bits per heavy atom. The second kappa shape index (κ2) is 35.3. The van der Waals surface area contributed by atoms with E-state index in [1.807, 2.05) is 21.1 Å². The Bertz CT molecular complexity index is 817.